The Morgan fingerprint density at radius 2 is 1.34 bits per heavy atom. The number of Topliss-reactive ketones (excluding diaryl/α,β-unsaturated/α-hetero) is 1. The molecule has 50 heavy (non-hydrogen) atoms. The van der Waals surface area contributed by atoms with Crippen molar-refractivity contribution in [2.45, 2.75) is 69.4 Å². The van der Waals surface area contributed by atoms with Gasteiger partial charge in [0.2, 0.25) is 5.91 Å². The van der Waals surface area contributed by atoms with Gasteiger partial charge in [0.15, 0.2) is 23.2 Å². The van der Waals surface area contributed by atoms with Crippen molar-refractivity contribution >= 4 is 70.1 Å². The van der Waals surface area contributed by atoms with Gasteiger partial charge >= 0.3 is 12.2 Å². The summed E-state index contributed by atoms with van der Waals surface area (Å²) in [7, 11) is 0. The summed E-state index contributed by atoms with van der Waals surface area (Å²) < 4.78 is 83.9. The minimum absolute atomic E-state index is 0.0225. The smallest absolute Gasteiger partial charge is 0.424 e. The lowest BCUT2D eigenvalue weighted by atomic mass is 10.00. The van der Waals surface area contributed by atoms with Crippen LogP contribution in [0.1, 0.15) is 68.9 Å². The van der Waals surface area contributed by atoms with E-state index in [4.69, 9.17) is 44.3 Å². The molecule has 0 saturated heterocycles. The molecule has 1 saturated carbocycles. The van der Waals surface area contributed by atoms with Crippen LogP contribution in [0.25, 0.3) is 0 Å². The van der Waals surface area contributed by atoms with Crippen LogP contribution in [0.2, 0.25) is 5.02 Å². The predicted molar refractivity (Wildman–Crippen MR) is 176 cm³/mol. The first-order valence-corrected chi connectivity index (χ1v) is 16.0. The zero-order valence-corrected chi connectivity index (χ0v) is 29.6. The number of nitrogens with one attached hydrogen (secondary N) is 1. The van der Waals surface area contributed by atoms with Gasteiger partial charge in [0, 0.05) is 12.3 Å². The number of imide groups is 1. The lowest BCUT2D eigenvalue weighted by Gasteiger charge is -2.29. The van der Waals surface area contributed by atoms with E-state index < -0.39 is 109 Å². The summed E-state index contributed by atoms with van der Waals surface area (Å²) in [6.45, 7) is 8.62. The molecule has 268 valence electrons. The standard InChI is InChI=1S/C34H30Cl3F5N2O6/c1-32(2,3)49-30(47)44(31(48)50-33(4,5)6)28-20(40)10-8-16(26(28)41)14-22(45)23-19(39)11-12-21(27(23)42)43-29(46)25-24(34(25,36)37)15-7-9-18(38)17(35)13-15/h7-13,24-25H,14H2,1-6H3,(H,43,46). The number of benzene rings is 3. The molecule has 1 N–H and O–H groups in total. The van der Waals surface area contributed by atoms with Crippen LogP contribution < -0.4 is 10.2 Å². The Kier molecular flexibility index (Phi) is 10.9. The van der Waals surface area contributed by atoms with Gasteiger partial charge < -0.3 is 14.8 Å². The predicted octanol–water partition coefficient (Wildman–Crippen LogP) is 9.66. The largest absolute Gasteiger partial charge is 0.443 e. The van der Waals surface area contributed by atoms with Crippen LogP contribution in [0.3, 0.4) is 0 Å². The highest BCUT2D eigenvalue weighted by Gasteiger charge is 2.67. The summed E-state index contributed by atoms with van der Waals surface area (Å²) in [5.74, 6) is -11.0. The molecule has 0 spiro atoms. The van der Waals surface area contributed by atoms with Crippen molar-refractivity contribution in [3.63, 3.8) is 0 Å². The average molecular weight is 764 g/mol. The summed E-state index contributed by atoms with van der Waals surface area (Å²) >= 11 is 18.4. The molecule has 2 atom stereocenters. The number of carbonyl (C=O) groups excluding carboxylic acids is 4. The number of ketones is 1. The van der Waals surface area contributed by atoms with E-state index in [1.54, 1.807) is 0 Å². The molecule has 1 aliphatic rings. The van der Waals surface area contributed by atoms with Crippen LogP contribution in [-0.2, 0) is 20.7 Å². The molecule has 0 radical (unpaired) electrons. The average Bonchev–Trinajstić information content (AvgIpc) is 3.55. The molecule has 3 aromatic rings. The van der Waals surface area contributed by atoms with E-state index in [1.807, 2.05) is 0 Å². The Balaban J connectivity index is 1.64. The zero-order chi connectivity index (χ0) is 37.7. The summed E-state index contributed by atoms with van der Waals surface area (Å²) in [5.41, 5.74) is -5.90. The maximum atomic E-state index is 15.9. The molecule has 0 aromatic heterocycles. The fourth-order valence-corrected chi connectivity index (χ4v) is 5.96. The van der Waals surface area contributed by atoms with Crippen LogP contribution in [0.5, 0.6) is 0 Å². The fraction of sp³-hybridized carbons (Fsp3) is 0.353. The second-order valence-electron chi connectivity index (χ2n) is 13.3. The first kappa shape index (κ1) is 38.9. The lowest BCUT2D eigenvalue weighted by molar-refractivity contribution is -0.117. The lowest BCUT2D eigenvalue weighted by Crippen LogP contribution is -2.44. The number of nitrogens with zero attached hydrogens (tertiary/aromatic N) is 1. The van der Waals surface area contributed by atoms with Gasteiger partial charge in [-0.1, -0.05) is 23.7 Å². The summed E-state index contributed by atoms with van der Waals surface area (Å²) in [6, 6.07) is 6.50. The molecule has 2 unspecified atom stereocenters. The van der Waals surface area contributed by atoms with E-state index >= 15 is 13.2 Å². The molecular weight excluding hydrogens is 734 g/mol. The minimum Gasteiger partial charge on any atom is -0.443 e. The van der Waals surface area contributed by atoms with E-state index in [1.165, 1.54) is 53.7 Å². The number of alkyl halides is 2. The highest BCUT2D eigenvalue weighted by atomic mass is 35.5. The summed E-state index contributed by atoms with van der Waals surface area (Å²) in [5, 5.41) is 1.95. The number of amides is 3. The number of hydrogen-bond acceptors (Lipinski definition) is 6. The molecule has 16 heteroatoms. The maximum Gasteiger partial charge on any atom is 0.424 e. The van der Waals surface area contributed by atoms with E-state index in [0.717, 1.165) is 18.2 Å². The van der Waals surface area contributed by atoms with Gasteiger partial charge in [-0.25, -0.2) is 31.5 Å². The van der Waals surface area contributed by atoms with Crippen molar-refractivity contribution in [1.29, 1.82) is 0 Å². The summed E-state index contributed by atoms with van der Waals surface area (Å²) in [4.78, 5) is 52.4. The monoisotopic (exact) mass is 762 g/mol. The number of rotatable bonds is 7. The van der Waals surface area contributed by atoms with Crippen LogP contribution in [0, 0.1) is 35.0 Å². The Bertz CT molecular complexity index is 1870. The highest BCUT2D eigenvalue weighted by molar-refractivity contribution is 6.53. The van der Waals surface area contributed by atoms with Crippen LogP contribution >= 0.6 is 34.8 Å². The number of anilines is 2. The molecule has 1 fully saturated rings. The van der Waals surface area contributed by atoms with Crippen molar-refractivity contribution in [1.82, 2.24) is 0 Å². The minimum atomic E-state index is -1.70. The zero-order valence-electron chi connectivity index (χ0n) is 27.3. The van der Waals surface area contributed by atoms with Gasteiger partial charge in [-0.15, -0.1) is 23.2 Å². The van der Waals surface area contributed by atoms with Crippen molar-refractivity contribution in [3.05, 3.63) is 93.3 Å². The van der Waals surface area contributed by atoms with Gasteiger partial charge in [0.1, 0.15) is 32.9 Å². The van der Waals surface area contributed by atoms with Crippen molar-refractivity contribution in [2.75, 3.05) is 10.2 Å². The van der Waals surface area contributed by atoms with Crippen molar-refractivity contribution in [3.8, 4) is 0 Å². The second kappa shape index (κ2) is 14.0. The Morgan fingerprint density at radius 3 is 1.88 bits per heavy atom. The SMILES string of the molecule is CC(C)(C)OC(=O)N(C(=O)OC(C)(C)C)c1c(F)ccc(CC(=O)c2c(F)ccc(NC(=O)C3C(c4ccc(F)c(Cl)c4)C3(Cl)Cl)c2F)c1F. The third-order valence-corrected chi connectivity index (χ3v) is 8.37. The van der Waals surface area contributed by atoms with Gasteiger partial charge in [-0.3, -0.25) is 9.59 Å². The first-order valence-electron chi connectivity index (χ1n) is 14.8. The van der Waals surface area contributed by atoms with Crippen molar-refractivity contribution < 1.29 is 50.6 Å². The fourth-order valence-electron chi connectivity index (χ4n) is 4.95. The Morgan fingerprint density at radius 1 is 0.800 bits per heavy atom. The third-order valence-electron chi connectivity index (χ3n) is 7.14. The second-order valence-corrected chi connectivity index (χ2v) is 15.2. The van der Waals surface area contributed by atoms with Crippen LogP contribution in [0.15, 0.2) is 42.5 Å². The highest BCUT2D eigenvalue weighted by Crippen LogP contribution is 2.65. The van der Waals surface area contributed by atoms with E-state index in [9.17, 15) is 28.0 Å². The molecule has 1 aliphatic carbocycles. The van der Waals surface area contributed by atoms with Crippen molar-refractivity contribution in [2.24, 2.45) is 5.92 Å². The number of carbonyl (C=O) groups is 4. The van der Waals surface area contributed by atoms with Crippen LogP contribution in [-0.4, -0.2) is 39.4 Å². The molecule has 0 aliphatic heterocycles. The quantitative estimate of drug-likeness (QED) is 0.146. The maximum absolute atomic E-state index is 15.9. The topological polar surface area (TPSA) is 102 Å². The van der Waals surface area contributed by atoms with Gasteiger partial charge in [-0.05, 0) is 83.0 Å². The molecule has 3 amide bonds. The molecule has 0 heterocycles. The molecular formula is C34H30Cl3F5N2O6. The van der Waals surface area contributed by atoms with Gasteiger partial charge in [0.05, 0.1) is 22.2 Å². The molecule has 0 bridgehead atoms. The Hall–Kier alpha value is -3.94. The van der Waals surface area contributed by atoms with Gasteiger partial charge in [0.25, 0.3) is 0 Å². The number of halogens is 8. The van der Waals surface area contributed by atoms with E-state index in [2.05, 4.69) is 5.32 Å². The third kappa shape index (κ3) is 8.33. The van der Waals surface area contributed by atoms with Gasteiger partial charge in [-0.2, -0.15) is 4.90 Å². The molecule has 8 nitrogen and oxygen atoms in total. The Labute approximate surface area is 298 Å². The van der Waals surface area contributed by atoms with E-state index in [-0.39, 0.29) is 9.92 Å². The van der Waals surface area contributed by atoms with E-state index in [0.29, 0.717) is 17.7 Å². The summed E-state index contributed by atoms with van der Waals surface area (Å²) in [6.07, 6.45) is -4.11. The number of hydrogen-bond donors (Lipinski definition) is 1. The number of ether oxygens (including phenoxy) is 2. The van der Waals surface area contributed by atoms with Crippen LogP contribution in [0.4, 0.5) is 42.9 Å². The first-order chi connectivity index (χ1) is 22.9. The normalized spacial score (nSPS) is 16.8. The molecule has 3 aromatic carbocycles. The molecule has 4 rings (SSSR count).